The number of hydrogen-bond acceptors (Lipinski definition) is 5. The number of ether oxygens (including phenoxy) is 1. The van der Waals surface area contributed by atoms with E-state index in [-0.39, 0.29) is 0 Å². The minimum atomic E-state index is 0.377. The SMILES string of the molecule is CCCNc1ncc(C)c(NC2CCOC2)n1. The molecule has 2 N–H and O–H groups in total. The molecule has 1 aliphatic rings. The summed E-state index contributed by atoms with van der Waals surface area (Å²) in [5.74, 6) is 1.60. The van der Waals surface area contributed by atoms with E-state index in [9.17, 15) is 0 Å². The Kier molecular flexibility index (Phi) is 4.14. The molecule has 2 heterocycles. The zero-order valence-electron chi connectivity index (χ0n) is 10.5. The summed E-state index contributed by atoms with van der Waals surface area (Å²) < 4.78 is 5.34. The Hall–Kier alpha value is -1.36. The molecule has 1 saturated heterocycles. The van der Waals surface area contributed by atoms with Crippen molar-refractivity contribution in [2.24, 2.45) is 0 Å². The molecule has 0 amide bonds. The largest absolute Gasteiger partial charge is 0.379 e. The van der Waals surface area contributed by atoms with Gasteiger partial charge in [-0.3, -0.25) is 0 Å². The molecule has 1 aromatic rings. The number of hydrogen-bond donors (Lipinski definition) is 2. The quantitative estimate of drug-likeness (QED) is 0.816. The minimum absolute atomic E-state index is 0.377. The highest BCUT2D eigenvalue weighted by molar-refractivity contribution is 5.47. The molecule has 5 nitrogen and oxygen atoms in total. The van der Waals surface area contributed by atoms with Gasteiger partial charge in [0.2, 0.25) is 5.95 Å². The van der Waals surface area contributed by atoms with Crippen molar-refractivity contribution in [1.82, 2.24) is 9.97 Å². The lowest BCUT2D eigenvalue weighted by atomic mass is 10.2. The molecule has 1 atom stereocenters. The highest BCUT2D eigenvalue weighted by Gasteiger charge is 2.16. The summed E-state index contributed by atoms with van der Waals surface area (Å²) in [7, 11) is 0. The Morgan fingerprint density at radius 3 is 3.12 bits per heavy atom. The Morgan fingerprint density at radius 1 is 1.53 bits per heavy atom. The van der Waals surface area contributed by atoms with E-state index in [1.54, 1.807) is 0 Å². The molecule has 0 bridgehead atoms. The third-order valence-electron chi connectivity index (χ3n) is 2.78. The van der Waals surface area contributed by atoms with Crippen LogP contribution in [-0.2, 0) is 4.74 Å². The molecule has 0 radical (unpaired) electrons. The zero-order chi connectivity index (χ0) is 12.1. The van der Waals surface area contributed by atoms with E-state index in [0.29, 0.717) is 12.0 Å². The van der Waals surface area contributed by atoms with E-state index in [4.69, 9.17) is 4.74 Å². The summed E-state index contributed by atoms with van der Waals surface area (Å²) in [6.07, 6.45) is 3.96. The fraction of sp³-hybridized carbons (Fsp3) is 0.667. The molecule has 0 aliphatic carbocycles. The minimum Gasteiger partial charge on any atom is -0.379 e. The topological polar surface area (TPSA) is 59.1 Å². The van der Waals surface area contributed by atoms with Crippen LogP contribution < -0.4 is 10.6 Å². The van der Waals surface area contributed by atoms with Crippen LogP contribution in [0.2, 0.25) is 0 Å². The van der Waals surface area contributed by atoms with Crippen molar-refractivity contribution in [3.63, 3.8) is 0 Å². The molecular formula is C12H20N4O. The average molecular weight is 236 g/mol. The first kappa shape index (κ1) is 12.1. The molecule has 1 aliphatic heterocycles. The molecular weight excluding hydrogens is 216 g/mol. The van der Waals surface area contributed by atoms with Crippen LogP contribution in [0.3, 0.4) is 0 Å². The van der Waals surface area contributed by atoms with Crippen LogP contribution in [-0.4, -0.2) is 35.8 Å². The first-order valence-corrected chi connectivity index (χ1v) is 6.21. The third-order valence-corrected chi connectivity index (χ3v) is 2.78. The van der Waals surface area contributed by atoms with Gasteiger partial charge in [-0.15, -0.1) is 0 Å². The maximum atomic E-state index is 5.34. The summed E-state index contributed by atoms with van der Waals surface area (Å²) >= 11 is 0. The number of nitrogens with one attached hydrogen (secondary N) is 2. The van der Waals surface area contributed by atoms with Crippen molar-refractivity contribution >= 4 is 11.8 Å². The molecule has 1 aromatic heterocycles. The second-order valence-corrected chi connectivity index (χ2v) is 4.36. The number of rotatable bonds is 5. The third kappa shape index (κ3) is 3.30. The Morgan fingerprint density at radius 2 is 2.41 bits per heavy atom. The maximum absolute atomic E-state index is 5.34. The van der Waals surface area contributed by atoms with E-state index < -0.39 is 0 Å². The normalized spacial score (nSPS) is 19.3. The lowest BCUT2D eigenvalue weighted by Gasteiger charge is -2.14. The van der Waals surface area contributed by atoms with Crippen LogP contribution >= 0.6 is 0 Å². The molecule has 94 valence electrons. The summed E-state index contributed by atoms with van der Waals surface area (Å²) in [6.45, 7) is 6.64. The van der Waals surface area contributed by atoms with Gasteiger partial charge in [-0.05, 0) is 19.8 Å². The van der Waals surface area contributed by atoms with Gasteiger partial charge in [0.15, 0.2) is 0 Å². The van der Waals surface area contributed by atoms with Gasteiger partial charge in [0.1, 0.15) is 5.82 Å². The van der Waals surface area contributed by atoms with E-state index in [2.05, 4.69) is 27.5 Å². The molecule has 5 heteroatoms. The van der Waals surface area contributed by atoms with Gasteiger partial charge in [-0.25, -0.2) is 4.98 Å². The van der Waals surface area contributed by atoms with Gasteiger partial charge >= 0.3 is 0 Å². The second-order valence-electron chi connectivity index (χ2n) is 4.36. The number of anilines is 2. The second kappa shape index (κ2) is 5.82. The van der Waals surface area contributed by atoms with E-state index in [1.165, 1.54) is 0 Å². The Bertz CT molecular complexity index is 364. The van der Waals surface area contributed by atoms with E-state index >= 15 is 0 Å². The van der Waals surface area contributed by atoms with Gasteiger partial charge in [0, 0.05) is 24.9 Å². The lowest BCUT2D eigenvalue weighted by molar-refractivity contribution is 0.195. The van der Waals surface area contributed by atoms with Crippen molar-refractivity contribution in [2.45, 2.75) is 32.7 Å². The lowest BCUT2D eigenvalue weighted by Crippen LogP contribution is -2.21. The zero-order valence-corrected chi connectivity index (χ0v) is 10.5. The van der Waals surface area contributed by atoms with Crippen LogP contribution in [0.15, 0.2) is 6.20 Å². The molecule has 0 aromatic carbocycles. The van der Waals surface area contributed by atoms with Crippen LogP contribution in [0.5, 0.6) is 0 Å². The van der Waals surface area contributed by atoms with Gasteiger partial charge in [0.25, 0.3) is 0 Å². The summed E-state index contributed by atoms with van der Waals surface area (Å²) in [6, 6.07) is 0.377. The fourth-order valence-corrected chi connectivity index (χ4v) is 1.75. The molecule has 1 unspecified atom stereocenters. The maximum Gasteiger partial charge on any atom is 0.224 e. The first-order valence-electron chi connectivity index (χ1n) is 6.21. The average Bonchev–Trinajstić information content (AvgIpc) is 2.83. The Balaban J connectivity index is 2.03. The summed E-state index contributed by atoms with van der Waals surface area (Å²) in [5, 5.41) is 6.60. The highest BCUT2D eigenvalue weighted by Crippen LogP contribution is 2.16. The van der Waals surface area contributed by atoms with Crippen LogP contribution in [0.1, 0.15) is 25.3 Å². The van der Waals surface area contributed by atoms with Crippen LogP contribution in [0.4, 0.5) is 11.8 Å². The molecule has 1 fully saturated rings. The Labute approximate surface area is 102 Å². The number of nitrogens with zero attached hydrogens (tertiary/aromatic N) is 2. The highest BCUT2D eigenvalue weighted by atomic mass is 16.5. The summed E-state index contributed by atoms with van der Waals surface area (Å²) in [5.41, 5.74) is 1.07. The van der Waals surface area contributed by atoms with Gasteiger partial charge < -0.3 is 15.4 Å². The standard InChI is InChI=1S/C12H20N4O/c1-3-5-13-12-14-7-9(2)11(16-12)15-10-4-6-17-8-10/h7,10H,3-6,8H2,1-2H3,(H2,13,14,15,16). The molecule has 0 saturated carbocycles. The van der Waals surface area contributed by atoms with Crippen molar-refractivity contribution in [3.8, 4) is 0 Å². The van der Waals surface area contributed by atoms with Crippen molar-refractivity contribution in [1.29, 1.82) is 0 Å². The smallest absolute Gasteiger partial charge is 0.224 e. The molecule has 17 heavy (non-hydrogen) atoms. The first-order chi connectivity index (χ1) is 8.29. The van der Waals surface area contributed by atoms with Gasteiger partial charge in [-0.2, -0.15) is 4.98 Å². The van der Waals surface area contributed by atoms with Crippen LogP contribution in [0.25, 0.3) is 0 Å². The van der Waals surface area contributed by atoms with E-state index in [1.807, 2.05) is 13.1 Å². The van der Waals surface area contributed by atoms with E-state index in [0.717, 1.165) is 44.0 Å². The summed E-state index contributed by atoms with van der Waals surface area (Å²) in [4.78, 5) is 8.74. The number of aryl methyl sites for hydroxylation is 1. The van der Waals surface area contributed by atoms with Crippen molar-refractivity contribution in [3.05, 3.63) is 11.8 Å². The number of aromatic nitrogens is 2. The predicted octanol–water partition coefficient (Wildman–Crippen LogP) is 1.81. The van der Waals surface area contributed by atoms with Crippen molar-refractivity contribution in [2.75, 3.05) is 30.4 Å². The molecule has 2 rings (SSSR count). The predicted molar refractivity (Wildman–Crippen MR) is 68.4 cm³/mol. The fourth-order valence-electron chi connectivity index (χ4n) is 1.75. The van der Waals surface area contributed by atoms with Crippen molar-refractivity contribution < 1.29 is 4.74 Å². The van der Waals surface area contributed by atoms with Gasteiger partial charge in [-0.1, -0.05) is 6.92 Å². The molecule has 0 spiro atoms. The van der Waals surface area contributed by atoms with Gasteiger partial charge in [0.05, 0.1) is 12.6 Å². The monoisotopic (exact) mass is 236 g/mol. The van der Waals surface area contributed by atoms with Crippen LogP contribution in [0, 0.1) is 6.92 Å².